The third-order valence-electron chi connectivity index (χ3n) is 2.51. The predicted molar refractivity (Wildman–Crippen MR) is 83.2 cm³/mol. The number of hydrogen-bond acceptors (Lipinski definition) is 2. The van der Waals surface area contributed by atoms with Gasteiger partial charge in [-0.1, -0.05) is 65.5 Å². The van der Waals surface area contributed by atoms with Crippen LogP contribution >= 0.6 is 23.5 Å². The molecule has 0 aliphatic heterocycles. The quantitative estimate of drug-likeness (QED) is 0.659. The van der Waals surface area contributed by atoms with E-state index < -0.39 is 0 Å². The largest absolute Gasteiger partial charge is 0.0834 e. The van der Waals surface area contributed by atoms with Crippen LogP contribution in [0.5, 0.6) is 0 Å². The molecule has 0 saturated carbocycles. The first kappa shape index (κ1) is 13.3. The second-order valence-corrected chi connectivity index (χ2v) is 6.80. The zero-order valence-electron chi connectivity index (χ0n) is 10.6. The molecular formula is C16H16S2. The molecule has 0 fully saturated rings. The number of rotatable bonds is 4. The lowest BCUT2D eigenvalue weighted by molar-refractivity contribution is 1.38. The molecule has 0 bridgehead atoms. The molecule has 0 radical (unpaired) electrons. The van der Waals surface area contributed by atoms with Gasteiger partial charge in [-0.05, 0) is 38.1 Å². The first-order valence-corrected chi connectivity index (χ1v) is 7.45. The van der Waals surface area contributed by atoms with Crippen LogP contribution in [0, 0.1) is 13.8 Å². The molecule has 0 nitrogen and oxygen atoms in total. The highest BCUT2D eigenvalue weighted by atomic mass is 32.2. The van der Waals surface area contributed by atoms with Gasteiger partial charge in [0.15, 0.2) is 0 Å². The van der Waals surface area contributed by atoms with E-state index in [4.69, 9.17) is 0 Å². The Morgan fingerprint density at radius 1 is 0.722 bits per heavy atom. The number of benzene rings is 2. The highest BCUT2D eigenvalue weighted by Gasteiger charge is 2.01. The summed E-state index contributed by atoms with van der Waals surface area (Å²) < 4.78 is 1.10. The Bertz CT molecular complexity index is 475. The van der Waals surface area contributed by atoms with Crippen LogP contribution in [0.25, 0.3) is 0 Å². The summed E-state index contributed by atoms with van der Waals surface area (Å²) in [7, 11) is 0. The van der Waals surface area contributed by atoms with Crippen molar-refractivity contribution in [1.82, 2.24) is 0 Å². The van der Waals surface area contributed by atoms with Gasteiger partial charge < -0.3 is 0 Å². The van der Waals surface area contributed by atoms with Crippen molar-refractivity contribution in [2.24, 2.45) is 0 Å². The standard InChI is InChI=1S/C16H16S2/c1-12-4-8-15(9-5-12)17-14(3)18-16-10-6-13(2)7-11-16/h4-11H,3H2,1-2H3. The number of aryl methyl sites for hydroxylation is 2. The monoisotopic (exact) mass is 272 g/mol. The van der Waals surface area contributed by atoms with Crippen LogP contribution in [0.15, 0.2) is 69.1 Å². The molecule has 0 saturated heterocycles. The fraction of sp³-hybridized carbons (Fsp3) is 0.125. The normalized spacial score (nSPS) is 10.3. The minimum absolute atomic E-state index is 1.10. The van der Waals surface area contributed by atoms with Crippen LogP contribution in [-0.2, 0) is 0 Å². The van der Waals surface area contributed by atoms with E-state index in [0.717, 1.165) is 4.24 Å². The van der Waals surface area contributed by atoms with Crippen molar-refractivity contribution < 1.29 is 0 Å². The molecule has 0 aromatic heterocycles. The summed E-state index contributed by atoms with van der Waals surface area (Å²) in [4.78, 5) is 2.48. The van der Waals surface area contributed by atoms with Crippen LogP contribution < -0.4 is 0 Å². The first-order valence-electron chi connectivity index (χ1n) is 5.81. The molecule has 0 heterocycles. The molecule has 2 heteroatoms. The lowest BCUT2D eigenvalue weighted by atomic mass is 10.2. The van der Waals surface area contributed by atoms with Gasteiger partial charge in [0.2, 0.25) is 0 Å². The Balaban J connectivity index is 1.96. The molecule has 0 spiro atoms. The van der Waals surface area contributed by atoms with Crippen molar-refractivity contribution in [3.05, 3.63) is 70.5 Å². The average Bonchev–Trinajstić information content (AvgIpc) is 2.35. The van der Waals surface area contributed by atoms with E-state index >= 15 is 0 Å². The van der Waals surface area contributed by atoms with Gasteiger partial charge in [-0.2, -0.15) is 0 Å². The van der Waals surface area contributed by atoms with E-state index in [9.17, 15) is 0 Å². The number of hydrogen-bond donors (Lipinski definition) is 0. The minimum atomic E-state index is 1.10. The van der Waals surface area contributed by atoms with Gasteiger partial charge >= 0.3 is 0 Å². The SMILES string of the molecule is C=C(Sc1ccc(C)cc1)Sc1ccc(C)cc1. The van der Waals surface area contributed by atoms with E-state index in [0.29, 0.717) is 0 Å². The van der Waals surface area contributed by atoms with Crippen molar-refractivity contribution >= 4 is 23.5 Å². The second-order valence-electron chi connectivity index (χ2n) is 4.20. The smallest absolute Gasteiger partial charge is 0.0427 e. The minimum Gasteiger partial charge on any atom is -0.0834 e. The van der Waals surface area contributed by atoms with Crippen LogP contribution in [-0.4, -0.2) is 0 Å². The first-order chi connectivity index (χ1) is 8.63. The molecule has 0 atom stereocenters. The maximum absolute atomic E-state index is 4.12. The van der Waals surface area contributed by atoms with E-state index in [1.54, 1.807) is 23.5 Å². The van der Waals surface area contributed by atoms with E-state index in [1.807, 2.05) is 0 Å². The molecule has 2 aromatic rings. The lowest BCUT2D eigenvalue weighted by Gasteiger charge is -2.06. The second kappa shape index (κ2) is 6.17. The Kier molecular flexibility index (Phi) is 4.56. The number of thioether (sulfide) groups is 2. The van der Waals surface area contributed by atoms with Gasteiger partial charge in [0, 0.05) is 14.0 Å². The maximum atomic E-state index is 4.12. The molecule has 0 amide bonds. The summed E-state index contributed by atoms with van der Waals surface area (Å²) in [5.74, 6) is 0. The van der Waals surface area contributed by atoms with Gasteiger partial charge in [-0.3, -0.25) is 0 Å². The van der Waals surface area contributed by atoms with Crippen LogP contribution in [0.2, 0.25) is 0 Å². The van der Waals surface area contributed by atoms with E-state index in [2.05, 4.69) is 69.0 Å². The fourth-order valence-corrected chi connectivity index (χ4v) is 3.31. The zero-order valence-corrected chi connectivity index (χ0v) is 12.3. The van der Waals surface area contributed by atoms with Gasteiger partial charge in [-0.25, -0.2) is 0 Å². The maximum Gasteiger partial charge on any atom is 0.0427 e. The van der Waals surface area contributed by atoms with Crippen LogP contribution in [0.1, 0.15) is 11.1 Å². The molecule has 2 rings (SSSR count). The summed E-state index contributed by atoms with van der Waals surface area (Å²) in [5.41, 5.74) is 2.58. The van der Waals surface area contributed by atoms with Crippen molar-refractivity contribution in [3.63, 3.8) is 0 Å². The summed E-state index contributed by atoms with van der Waals surface area (Å²) in [6, 6.07) is 17.1. The summed E-state index contributed by atoms with van der Waals surface area (Å²) in [5, 5.41) is 0. The van der Waals surface area contributed by atoms with Gasteiger partial charge in [0.25, 0.3) is 0 Å². The van der Waals surface area contributed by atoms with Crippen molar-refractivity contribution in [1.29, 1.82) is 0 Å². The third kappa shape index (κ3) is 3.97. The fourth-order valence-electron chi connectivity index (χ4n) is 1.50. The average molecular weight is 272 g/mol. The molecule has 0 unspecified atom stereocenters. The van der Waals surface area contributed by atoms with Crippen LogP contribution in [0.3, 0.4) is 0 Å². The Morgan fingerprint density at radius 2 is 1.06 bits per heavy atom. The molecule has 0 aliphatic rings. The molecule has 0 N–H and O–H groups in total. The highest BCUT2D eigenvalue weighted by Crippen LogP contribution is 2.37. The summed E-state index contributed by atoms with van der Waals surface area (Å²) in [6.45, 7) is 8.32. The third-order valence-corrected chi connectivity index (χ3v) is 4.48. The molecule has 18 heavy (non-hydrogen) atoms. The molecule has 92 valence electrons. The zero-order chi connectivity index (χ0) is 13.0. The summed E-state index contributed by atoms with van der Waals surface area (Å²) >= 11 is 3.44. The Labute approximate surface area is 118 Å². The van der Waals surface area contributed by atoms with Crippen LogP contribution in [0.4, 0.5) is 0 Å². The summed E-state index contributed by atoms with van der Waals surface area (Å²) in [6.07, 6.45) is 0. The lowest BCUT2D eigenvalue weighted by Crippen LogP contribution is -1.76. The predicted octanol–water partition coefficient (Wildman–Crippen LogP) is 5.66. The Hall–Kier alpha value is -1.12. The van der Waals surface area contributed by atoms with Crippen molar-refractivity contribution in [2.75, 3.05) is 0 Å². The molecule has 2 aromatic carbocycles. The van der Waals surface area contributed by atoms with Crippen molar-refractivity contribution in [3.8, 4) is 0 Å². The van der Waals surface area contributed by atoms with E-state index in [1.165, 1.54) is 20.9 Å². The van der Waals surface area contributed by atoms with E-state index in [-0.39, 0.29) is 0 Å². The molecule has 0 aliphatic carbocycles. The van der Waals surface area contributed by atoms with Gasteiger partial charge in [-0.15, -0.1) is 0 Å². The Morgan fingerprint density at radius 3 is 1.39 bits per heavy atom. The van der Waals surface area contributed by atoms with Gasteiger partial charge in [0.1, 0.15) is 0 Å². The topological polar surface area (TPSA) is 0 Å². The molecular weight excluding hydrogens is 256 g/mol. The highest BCUT2D eigenvalue weighted by molar-refractivity contribution is 8.22. The van der Waals surface area contributed by atoms with Gasteiger partial charge in [0.05, 0.1) is 0 Å². The van der Waals surface area contributed by atoms with Crippen molar-refractivity contribution in [2.45, 2.75) is 23.6 Å².